The molecular weight excluding hydrogens is 383 g/mol. The Balaban J connectivity index is 0.00000364. The van der Waals surface area contributed by atoms with E-state index in [1.165, 1.54) is 0 Å². The first-order valence-corrected chi connectivity index (χ1v) is 9.39. The molecule has 6 heteroatoms. The number of benzene rings is 2. The molecule has 0 aliphatic heterocycles. The zero-order valence-corrected chi connectivity index (χ0v) is 17.7. The van der Waals surface area contributed by atoms with Crippen molar-refractivity contribution in [3.05, 3.63) is 59.1 Å². The normalized spacial score (nSPS) is 10.4. The molecule has 0 unspecified atom stereocenters. The zero-order valence-electron chi connectivity index (χ0n) is 16.2. The van der Waals surface area contributed by atoms with Crippen LogP contribution in [0.1, 0.15) is 19.4 Å². The van der Waals surface area contributed by atoms with Crippen molar-refractivity contribution in [2.45, 2.75) is 20.8 Å². The van der Waals surface area contributed by atoms with E-state index in [-0.39, 0.29) is 18.3 Å². The fourth-order valence-corrected chi connectivity index (χ4v) is 2.88. The monoisotopic (exact) mass is 410 g/mol. The second-order valence-corrected chi connectivity index (χ2v) is 6.53. The summed E-state index contributed by atoms with van der Waals surface area (Å²) in [6.07, 6.45) is 0. The molecule has 4 nitrogen and oxygen atoms in total. The number of hydrogen-bond donors (Lipinski definition) is 0. The molecule has 0 fully saturated rings. The van der Waals surface area contributed by atoms with Gasteiger partial charge in [-0.2, -0.15) is 0 Å². The Kier molecular flexibility index (Phi) is 10.2. The molecule has 0 bridgehead atoms. The van der Waals surface area contributed by atoms with Crippen molar-refractivity contribution in [1.29, 1.82) is 0 Å². The van der Waals surface area contributed by atoms with Crippen LogP contribution in [0.5, 0.6) is 5.75 Å². The van der Waals surface area contributed by atoms with Crippen molar-refractivity contribution in [2.24, 2.45) is 0 Å². The van der Waals surface area contributed by atoms with Crippen molar-refractivity contribution < 1.29 is 9.53 Å². The van der Waals surface area contributed by atoms with Gasteiger partial charge < -0.3 is 9.64 Å². The maximum Gasteiger partial charge on any atom is 0.241 e. The molecule has 0 N–H and O–H groups in total. The predicted molar refractivity (Wildman–Crippen MR) is 116 cm³/mol. The fourth-order valence-electron chi connectivity index (χ4n) is 2.76. The highest BCUT2D eigenvalue weighted by Gasteiger charge is 2.19. The molecule has 27 heavy (non-hydrogen) atoms. The Morgan fingerprint density at radius 2 is 1.67 bits per heavy atom. The zero-order chi connectivity index (χ0) is 18.9. The van der Waals surface area contributed by atoms with Gasteiger partial charge in [-0.05, 0) is 55.9 Å². The van der Waals surface area contributed by atoms with Crippen molar-refractivity contribution in [3.8, 4) is 5.75 Å². The van der Waals surface area contributed by atoms with Crippen LogP contribution < -0.4 is 9.64 Å². The summed E-state index contributed by atoms with van der Waals surface area (Å²) < 4.78 is 5.79. The van der Waals surface area contributed by atoms with Gasteiger partial charge in [-0.1, -0.05) is 43.6 Å². The van der Waals surface area contributed by atoms with E-state index in [9.17, 15) is 4.79 Å². The topological polar surface area (TPSA) is 32.8 Å². The molecular formula is C21H28Cl2N2O2. The van der Waals surface area contributed by atoms with E-state index in [0.29, 0.717) is 24.7 Å². The molecule has 2 aromatic carbocycles. The average molecular weight is 411 g/mol. The first kappa shape index (κ1) is 23.3. The summed E-state index contributed by atoms with van der Waals surface area (Å²) in [6, 6.07) is 15.2. The number of likely N-dealkylation sites (N-methyl/N-ethyl adjacent to an activating group) is 1. The lowest BCUT2D eigenvalue weighted by molar-refractivity contribution is -0.119. The summed E-state index contributed by atoms with van der Waals surface area (Å²) in [5, 5.41) is 0.674. The quantitative estimate of drug-likeness (QED) is 0.593. The Bertz CT molecular complexity index is 704. The number of carbonyl (C=O) groups is 1. The van der Waals surface area contributed by atoms with Crippen LogP contribution in [0.25, 0.3) is 0 Å². The average Bonchev–Trinajstić information content (AvgIpc) is 2.65. The van der Waals surface area contributed by atoms with E-state index in [1.807, 2.05) is 48.2 Å². The maximum atomic E-state index is 12.9. The largest absolute Gasteiger partial charge is 0.492 e. The number of ether oxygens (including phenoxy) is 1. The van der Waals surface area contributed by atoms with E-state index in [2.05, 4.69) is 18.7 Å². The molecule has 0 radical (unpaired) electrons. The highest BCUT2D eigenvalue weighted by molar-refractivity contribution is 6.30. The van der Waals surface area contributed by atoms with Gasteiger partial charge in [0.2, 0.25) is 5.91 Å². The fraction of sp³-hybridized carbons (Fsp3) is 0.381. The second-order valence-electron chi connectivity index (χ2n) is 6.10. The van der Waals surface area contributed by atoms with E-state index >= 15 is 0 Å². The van der Waals surface area contributed by atoms with Gasteiger partial charge in [-0.3, -0.25) is 9.69 Å². The Morgan fingerprint density at radius 1 is 1.04 bits per heavy atom. The van der Waals surface area contributed by atoms with Gasteiger partial charge in [0, 0.05) is 10.7 Å². The second kappa shape index (κ2) is 11.9. The lowest BCUT2D eigenvalue weighted by atomic mass is 10.1. The highest BCUT2D eigenvalue weighted by atomic mass is 35.5. The van der Waals surface area contributed by atoms with Gasteiger partial charge >= 0.3 is 0 Å². The van der Waals surface area contributed by atoms with Crippen molar-refractivity contribution in [3.63, 3.8) is 0 Å². The smallest absolute Gasteiger partial charge is 0.241 e. The van der Waals surface area contributed by atoms with Gasteiger partial charge in [0.25, 0.3) is 0 Å². The summed E-state index contributed by atoms with van der Waals surface area (Å²) in [5.41, 5.74) is 2.01. The SMILES string of the molecule is CCN(CC)CC(=O)N(CCOc1ccc(Cl)cc1)c1ccccc1C.Cl. The first-order chi connectivity index (χ1) is 12.5. The molecule has 0 spiro atoms. The van der Waals surface area contributed by atoms with E-state index in [1.54, 1.807) is 12.1 Å². The highest BCUT2D eigenvalue weighted by Crippen LogP contribution is 2.20. The van der Waals surface area contributed by atoms with Crippen LogP contribution in [0.3, 0.4) is 0 Å². The number of hydrogen-bond acceptors (Lipinski definition) is 3. The van der Waals surface area contributed by atoms with Crippen LogP contribution in [0.4, 0.5) is 5.69 Å². The molecule has 0 saturated heterocycles. The molecule has 0 heterocycles. The van der Waals surface area contributed by atoms with Crippen molar-refractivity contribution in [2.75, 3.05) is 37.7 Å². The van der Waals surface area contributed by atoms with Crippen LogP contribution in [-0.4, -0.2) is 43.6 Å². The molecule has 0 aliphatic carbocycles. The predicted octanol–water partition coefficient (Wildman–Crippen LogP) is 4.82. The number of aryl methyl sites for hydroxylation is 1. The molecule has 0 aromatic heterocycles. The van der Waals surface area contributed by atoms with Crippen molar-refractivity contribution >= 4 is 35.6 Å². The van der Waals surface area contributed by atoms with Crippen molar-refractivity contribution in [1.82, 2.24) is 4.90 Å². The minimum Gasteiger partial charge on any atom is -0.492 e. The number of anilines is 1. The molecule has 148 valence electrons. The maximum absolute atomic E-state index is 12.9. The van der Waals surface area contributed by atoms with Gasteiger partial charge in [-0.25, -0.2) is 0 Å². The van der Waals surface area contributed by atoms with E-state index < -0.39 is 0 Å². The Hall–Kier alpha value is -1.75. The minimum atomic E-state index is 0. The summed E-state index contributed by atoms with van der Waals surface area (Å²) in [5.74, 6) is 0.832. The van der Waals surface area contributed by atoms with Crippen LogP contribution in [0, 0.1) is 6.92 Å². The third-order valence-corrected chi connectivity index (χ3v) is 4.61. The number of carbonyl (C=O) groups excluding carboxylic acids is 1. The lowest BCUT2D eigenvalue weighted by Gasteiger charge is -2.27. The lowest BCUT2D eigenvalue weighted by Crippen LogP contribution is -2.42. The third-order valence-electron chi connectivity index (χ3n) is 4.36. The minimum absolute atomic E-state index is 0. The first-order valence-electron chi connectivity index (χ1n) is 9.01. The number of amides is 1. The summed E-state index contributed by atoms with van der Waals surface area (Å²) in [4.78, 5) is 16.9. The molecule has 1 amide bonds. The van der Waals surface area contributed by atoms with Crippen LogP contribution in [0.15, 0.2) is 48.5 Å². The van der Waals surface area contributed by atoms with Gasteiger partial charge in [0.1, 0.15) is 12.4 Å². The Labute approximate surface area is 173 Å². The summed E-state index contributed by atoms with van der Waals surface area (Å²) in [6.45, 7) is 9.18. The molecule has 2 aromatic rings. The van der Waals surface area contributed by atoms with E-state index in [4.69, 9.17) is 16.3 Å². The molecule has 0 atom stereocenters. The van der Waals surface area contributed by atoms with Crippen LogP contribution in [-0.2, 0) is 4.79 Å². The van der Waals surface area contributed by atoms with Crippen LogP contribution in [0.2, 0.25) is 5.02 Å². The molecule has 2 rings (SSSR count). The van der Waals surface area contributed by atoms with Crippen LogP contribution >= 0.6 is 24.0 Å². The number of rotatable bonds is 9. The molecule has 0 aliphatic rings. The van der Waals surface area contributed by atoms with Gasteiger partial charge in [-0.15, -0.1) is 12.4 Å². The van der Waals surface area contributed by atoms with Gasteiger partial charge in [0.05, 0.1) is 13.1 Å². The number of nitrogens with zero attached hydrogens (tertiary/aromatic N) is 2. The standard InChI is InChI=1S/C21H27ClN2O2.ClH/c1-4-23(5-2)16-21(25)24(20-9-7-6-8-17(20)3)14-15-26-19-12-10-18(22)11-13-19;/h6-13H,4-5,14-16H2,1-3H3;1H. The number of halogens is 2. The van der Waals surface area contributed by atoms with E-state index in [0.717, 1.165) is 30.1 Å². The number of para-hydroxylation sites is 1. The summed E-state index contributed by atoms with van der Waals surface area (Å²) in [7, 11) is 0. The Morgan fingerprint density at radius 3 is 2.26 bits per heavy atom. The van der Waals surface area contributed by atoms with Gasteiger partial charge in [0.15, 0.2) is 0 Å². The summed E-state index contributed by atoms with van der Waals surface area (Å²) >= 11 is 5.90. The third kappa shape index (κ3) is 7.06. The molecule has 0 saturated carbocycles.